The van der Waals surface area contributed by atoms with Crippen molar-refractivity contribution in [2.24, 2.45) is 5.11 Å². The van der Waals surface area contributed by atoms with Crippen LogP contribution < -0.4 is 4.43 Å². The first-order valence-corrected chi connectivity index (χ1v) is 8.21. The van der Waals surface area contributed by atoms with E-state index in [1.165, 1.54) is 0 Å². The summed E-state index contributed by atoms with van der Waals surface area (Å²) in [5, 5.41) is 3.52. The molecule has 0 heterocycles. The molecule has 4 nitrogen and oxygen atoms in total. The Morgan fingerprint density at radius 2 is 2.13 bits per heavy atom. The van der Waals surface area contributed by atoms with Crippen molar-refractivity contribution in [1.29, 1.82) is 0 Å². The van der Waals surface area contributed by atoms with E-state index in [2.05, 4.69) is 29.7 Å². The van der Waals surface area contributed by atoms with E-state index in [1.807, 2.05) is 24.3 Å². The lowest BCUT2D eigenvalue weighted by atomic mass is 10.2. The van der Waals surface area contributed by atoms with Crippen LogP contribution in [0.3, 0.4) is 0 Å². The molecule has 0 aliphatic carbocycles. The molecule has 0 radical (unpaired) electrons. The van der Waals surface area contributed by atoms with Gasteiger partial charge in [0.2, 0.25) is 8.32 Å². The molecule has 80 valence electrons. The highest BCUT2D eigenvalue weighted by molar-refractivity contribution is 6.70. The lowest BCUT2D eigenvalue weighted by Crippen LogP contribution is -2.29. The fraction of sp³-hybridized carbons (Fsp3) is 0.400. The third kappa shape index (κ3) is 4.53. The molecular weight excluding hydrogens is 206 g/mol. The number of hydrogen-bond acceptors (Lipinski definition) is 2. The first kappa shape index (κ1) is 11.6. The van der Waals surface area contributed by atoms with E-state index >= 15 is 0 Å². The van der Waals surface area contributed by atoms with E-state index in [0.717, 1.165) is 11.3 Å². The molecule has 0 aliphatic heterocycles. The summed E-state index contributed by atoms with van der Waals surface area (Å²) in [5.74, 6) is 0.861. The minimum atomic E-state index is -1.56. The van der Waals surface area contributed by atoms with Gasteiger partial charge in [0, 0.05) is 4.91 Å². The summed E-state index contributed by atoms with van der Waals surface area (Å²) < 4.78 is 5.83. The average molecular weight is 221 g/mol. The third-order valence-electron chi connectivity index (χ3n) is 1.64. The lowest BCUT2D eigenvalue weighted by molar-refractivity contribution is 0.557. The van der Waals surface area contributed by atoms with Gasteiger partial charge in [-0.1, -0.05) is 17.2 Å². The normalized spacial score (nSPS) is 10.6. The Morgan fingerprint density at radius 3 is 2.73 bits per heavy atom. The van der Waals surface area contributed by atoms with Crippen LogP contribution in [0.15, 0.2) is 29.4 Å². The Hall–Kier alpha value is -1.45. The fourth-order valence-electron chi connectivity index (χ4n) is 1.17. The smallest absolute Gasteiger partial charge is 0.242 e. The zero-order valence-corrected chi connectivity index (χ0v) is 10.3. The number of nitrogens with zero attached hydrogens (tertiary/aromatic N) is 3. The third-order valence-corrected chi connectivity index (χ3v) is 2.49. The van der Waals surface area contributed by atoms with Crippen LogP contribution in [0.5, 0.6) is 5.75 Å². The second kappa shape index (κ2) is 4.86. The summed E-state index contributed by atoms with van der Waals surface area (Å²) in [4.78, 5) is 2.73. The Kier molecular flexibility index (Phi) is 3.77. The molecule has 0 N–H and O–H groups in total. The summed E-state index contributed by atoms with van der Waals surface area (Å²) in [6, 6.07) is 7.69. The molecule has 0 aromatic heterocycles. The molecule has 0 amide bonds. The zero-order valence-electron chi connectivity index (χ0n) is 9.27. The van der Waals surface area contributed by atoms with Gasteiger partial charge in [-0.25, -0.2) is 0 Å². The quantitative estimate of drug-likeness (QED) is 0.331. The standard InChI is InChI=1S/C10H15N3OSi/c1-15(2,3)14-10-6-4-5-9(7-10)8-12-13-11/h4-7H,8H2,1-3H3. The van der Waals surface area contributed by atoms with Crippen LogP contribution in [0.25, 0.3) is 10.4 Å². The van der Waals surface area contributed by atoms with Crippen LogP contribution in [0, 0.1) is 0 Å². The molecule has 0 saturated heterocycles. The van der Waals surface area contributed by atoms with E-state index in [4.69, 9.17) is 9.96 Å². The van der Waals surface area contributed by atoms with Crippen molar-refractivity contribution in [3.8, 4) is 5.75 Å². The SMILES string of the molecule is C[Si](C)(C)Oc1cccc(CN=[N+]=[N-])c1. The molecular formula is C10H15N3OSi. The molecule has 1 rings (SSSR count). The predicted molar refractivity (Wildman–Crippen MR) is 63.3 cm³/mol. The van der Waals surface area contributed by atoms with Crippen molar-refractivity contribution < 1.29 is 4.43 Å². The highest BCUT2D eigenvalue weighted by Crippen LogP contribution is 2.18. The second-order valence-electron chi connectivity index (χ2n) is 4.25. The topological polar surface area (TPSA) is 58.0 Å². The maximum absolute atomic E-state index is 8.22. The number of azide groups is 1. The highest BCUT2D eigenvalue weighted by Gasteiger charge is 2.15. The van der Waals surface area contributed by atoms with Gasteiger partial charge in [-0.05, 0) is 42.9 Å². The predicted octanol–water partition coefficient (Wildman–Crippen LogP) is 3.71. The first-order chi connectivity index (χ1) is 7.01. The maximum atomic E-state index is 8.22. The molecule has 15 heavy (non-hydrogen) atoms. The molecule has 0 atom stereocenters. The van der Waals surface area contributed by atoms with Gasteiger partial charge in [-0.2, -0.15) is 0 Å². The van der Waals surface area contributed by atoms with E-state index in [1.54, 1.807) is 0 Å². The van der Waals surface area contributed by atoms with Crippen LogP contribution in [0.1, 0.15) is 5.56 Å². The molecule has 1 aromatic carbocycles. The van der Waals surface area contributed by atoms with E-state index in [-0.39, 0.29) is 0 Å². The minimum absolute atomic E-state index is 0.374. The molecule has 0 unspecified atom stereocenters. The maximum Gasteiger partial charge on any atom is 0.242 e. The largest absolute Gasteiger partial charge is 0.544 e. The fourth-order valence-corrected chi connectivity index (χ4v) is 2.01. The van der Waals surface area contributed by atoms with E-state index < -0.39 is 8.32 Å². The van der Waals surface area contributed by atoms with E-state index in [0.29, 0.717) is 6.54 Å². The van der Waals surface area contributed by atoms with Gasteiger partial charge in [-0.15, -0.1) is 0 Å². The van der Waals surface area contributed by atoms with Gasteiger partial charge < -0.3 is 4.43 Å². The summed E-state index contributed by atoms with van der Waals surface area (Å²) in [6.45, 7) is 6.77. The molecule has 0 aliphatic rings. The number of hydrogen-bond donors (Lipinski definition) is 0. The summed E-state index contributed by atoms with van der Waals surface area (Å²) in [5.41, 5.74) is 9.19. The van der Waals surface area contributed by atoms with Crippen molar-refractivity contribution in [1.82, 2.24) is 0 Å². The molecule has 0 fully saturated rings. The van der Waals surface area contributed by atoms with Gasteiger partial charge in [0.1, 0.15) is 5.75 Å². The summed E-state index contributed by atoms with van der Waals surface area (Å²) >= 11 is 0. The number of benzene rings is 1. The van der Waals surface area contributed by atoms with Gasteiger partial charge >= 0.3 is 0 Å². The van der Waals surface area contributed by atoms with Gasteiger partial charge in [0.15, 0.2) is 0 Å². The molecule has 0 bridgehead atoms. The molecule has 5 heteroatoms. The lowest BCUT2D eigenvalue weighted by Gasteiger charge is -2.19. The van der Waals surface area contributed by atoms with Crippen LogP contribution in [0.2, 0.25) is 19.6 Å². The summed E-state index contributed by atoms with van der Waals surface area (Å²) in [7, 11) is -1.56. The van der Waals surface area contributed by atoms with Crippen LogP contribution in [0.4, 0.5) is 0 Å². The Bertz CT molecular complexity index is 380. The van der Waals surface area contributed by atoms with Crippen molar-refractivity contribution in [3.05, 3.63) is 40.3 Å². The Balaban J connectivity index is 2.78. The van der Waals surface area contributed by atoms with Crippen LogP contribution >= 0.6 is 0 Å². The minimum Gasteiger partial charge on any atom is -0.544 e. The van der Waals surface area contributed by atoms with Crippen molar-refractivity contribution >= 4 is 8.32 Å². The summed E-state index contributed by atoms with van der Waals surface area (Å²) in [6.07, 6.45) is 0. The van der Waals surface area contributed by atoms with Crippen LogP contribution in [-0.4, -0.2) is 8.32 Å². The number of rotatable bonds is 4. The van der Waals surface area contributed by atoms with Gasteiger partial charge in [0.25, 0.3) is 0 Å². The highest BCUT2D eigenvalue weighted by atomic mass is 28.4. The van der Waals surface area contributed by atoms with Crippen LogP contribution in [-0.2, 0) is 6.54 Å². The molecule has 0 saturated carbocycles. The van der Waals surface area contributed by atoms with Gasteiger partial charge in [-0.3, -0.25) is 0 Å². The van der Waals surface area contributed by atoms with Gasteiger partial charge in [0.05, 0.1) is 6.54 Å². The average Bonchev–Trinajstić information content (AvgIpc) is 2.12. The molecule has 0 spiro atoms. The molecule has 1 aromatic rings. The van der Waals surface area contributed by atoms with Crippen molar-refractivity contribution in [2.75, 3.05) is 0 Å². The Morgan fingerprint density at radius 1 is 1.40 bits per heavy atom. The van der Waals surface area contributed by atoms with E-state index in [9.17, 15) is 0 Å². The first-order valence-electron chi connectivity index (χ1n) is 4.80. The zero-order chi connectivity index (χ0) is 11.3. The monoisotopic (exact) mass is 221 g/mol. The second-order valence-corrected chi connectivity index (χ2v) is 8.68. The Labute approximate surface area is 90.6 Å². The van der Waals surface area contributed by atoms with Crippen molar-refractivity contribution in [3.63, 3.8) is 0 Å². The van der Waals surface area contributed by atoms with Crippen molar-refractivity contribution in [2.45, 2.75) is 26.2 Å².